The second-order valence-electron chi connectivity index (χ2n) is 6.81. The van der Waals surface area contributed by atoms with Crippen LogP contribution in [0.2, 0.25) is 5.02 Å². The molecule has 0 N–H and O–H groups in total. The molecule has 4 nitrogen and oxygen atoms in total. The van der Waals surface area contributed by atoms with Crippen LogP contribution in [0.1, 0.15) is 25.0 Å². The summed E-state index contributed by atoms with van der Waals surface area (Å²) in [6.07, 6.45) is 1.11. The van der Waals surface area contributed by atoms with E-state index < -0.39 is 16.1 Å². The van der Waals surface area contributed by atoms with Crippen LogP contribution in [0.15, 0.2) is 36.4 Å². The summed E-state index contributed by atoms with van der Waals surface area (Å²) in [6, 6.07) is 10.8. The topological polar surface area (TPSA) is 44.8 Å². The van der Waals surface area contributed by atoms with Gasteiger partial charge in [-0.25, -0.2) is 4.21 Å². The fourth-order valence-electron chi connectivity index (χ4n) is 3.73. The van der Waals surface area contributed by atoms with E-state index in [1.165, 1.54) is 16.3 Å². The van der Waals surface area contributed by atoms with Crippen LogP contribution in [-0.4, -0.2) is 23.4 Å². The van der Waals surface area contributed by atoms with Crippen LogP contribution in [-0.2, 0) is 23.9 Å². The first-order chi connectivity index (χ1) is 15.2. The highest BCUT2D eigenvalue weighted by Gasteiger charge is 2.36. The third-order valence-electron chi connectivity index (χ3n) is 5.11. The summed E-state index contributed by atoms with van der Waals surface area (Å²) in [5.74, 6) is 1.36. The Kier molecular flexibility index (Phi) is 7.64. The highest BCUT2D eigenvalue weighted by atomic mass is 35.5. The first-order valence-electron chi connectivity index (χ1n) is 10.0. The fourth-order valence-corrected chi connectivity index (χ4v) is 4.70. The third kappa shape index (κ3) is 4.57. The highest BCUT2D eigenvalue weighted by Crippen LogP contribution is 2.49. The maximum Gasteiger partial charge on any atom is 0.366 e. The largest absolute Gasteiger partial charge is 0.497 e. The molecule has 2 unspecified atom stereocenters. The number of aryl methyl sites for hydroxylation is 1. The van der Waals surface area contributed by atoms with Crippen LogP contribution in [0.3, 0.4) is 0 Å². The highest BCUT2D eigenvalue weighted by molar-refractivity contribution is 7.86. The Morgan fingerprint density at radius 1 is 1.00 bits per heavy atom. The number of alkyl halides is 2. The molecule has 0 bridgehead atoms. The van der Waals surface area contributed by atoms with Gasteiger partial charge in [-0.05, 0) is 63.5 Å². The molecule has 3 aromatic rings. The molecule has 9 heteroatoms. The van der Waals surface area contributed by atoms with Crippen LogP contribution in [0, 0.1) is 0 Å². The first kappa shape index (κ1) is 24.7. The van der Waals surface area contributed by atoms with Gasteiger partial charge in [0.25, 0.3) is 11.1 Å². The van der Waals surface area contributed by atoms with Crippen molar-refractivity contribution in [2.45, 2.75) is 31.7 Å². The van der Waals surface area contributed by atoms with Crippen molar-refractivity contribution in [3.05, 3.63) is 52.5 Å². The van der Waals surface area contributed by atoms with E-state index in [1.54, 1.807) is 25.3 Å². The Balaban J connectivity index is 0.00000141. The molecule has 0 aliphatic heterocycles. The Morgan fingerprint density at radius 2 is 1.62 bits per heavy atom. The van der Waals surface area contributed by atoms with Crippen molar-refractivity contribution in [1.29, 1.82) is 0 Å². The quantitative estimate of drug-likeness (QED) is 0.363. The van der Waals surface area contributed by atoms with Crippen molar-refractivity contribution in [1.82, 2.24) is 0 Å². The maximum atomic E-state index is 13.7. The van der Waals surface area contributed by atoms with Crippen LogP contribution >= 0.6 is 20.8 Å². The van der Waals surface area contributed by atoms with Gasteiger partial charge in [0, 0.05) is 21.9 Å². The number of ether oxygens (including phenoxy) is 2. The van der Waals surface area contributed by atoms with Crippen LogP contribution in [0.25, 0.3) is 21.9 Å². The normalized spacial score (nSPS) is 13.4. The molecular weight excluding hydrogens is 477 g/mol. The molecule has 0 heterocycles. The lowest BCUT2D eigenvalue weighted by atomic mass is 9.83. The van der Waals surface area contributed by atoms with Crippen molar-refractivity contribution in [2.75, 3.05) is 14.2 Å². The molecule has 0 radical (unpaired) electrons. The summed E-state index contributed by atoms with van der Waals surface area (Å²) in [5, 5.41) is 1.54. The molecule has 172 valence electrons. The summed E-state index contributed by atoms with van der Waals surface area (Å²) in [4.78, 5) is -3.60. The summed E-state index contributed by atoms with van der Waals surface area (Å²) in [5.41, 5.74) is 3.23. The van der Waals surface area contributed by atoms with Crippen molar-refractivity contribution in [2.24, 2.45) is 0 Å². The van der Waals surface area contributed by atoms with Gasteiger partial charge in [-0.15, -0.1) is 0 Å². The Morgan fingerprint density at radius 3 is 2.25 bits per heavy atom. The van der Waals surface area contributed by atoms with Gasteiger partial charge >= 0.3 is 5.00 Å². The molecule has 0 amide bonds. The van der Waals surface area contributed by atoms with E-state index in [0.717, 1.165) is 16.9 Å². The van der Waals surface area contributed by atoms with Crippen LogP contribution < -0.4 is 13.7 Å². The summed E-state index contributed by atoms with van der Waals surface area (Å²) < 4.78 is 55.4. The van der Waals surface area contributed by atoms with E-state index in [0.29, 0.717) is 45.5 Å². The molecule has 2 atom stereocenters. The molecule has 4 rings (SSSR count). The third-order valence-corrected chi connectivity index (χ3v) is 6.84. The predicted octanol–water partition coefficient (Wildman–Crippen LogP) is 6.77. The van der Waals surface area contributed by atoms with E-state index in [9.17, 15) is 13.0 Å². The average Bonchev–Trinajstić information content (AvgIpc) is 2.80. The Hall–Kier alpha value is -1.95. The molecule has 0 saturated heterocycles. The maximum absolute atomic E-state index is 13.7. The van der Waals surface area contributed by atoms with E-state index in [-0.39, 0.29) is 5.75 Å². The molecule has 3 aromatic carbocycles. The van der Waals surface area contributed by atoms with E-state index in [1.807, 2.05) is 32.0 Å². The van der Waals surface area contributed by atoms with Gasteiger partial charge in [0.2, 0.25) is 0 Å². The van der Waals surface area contributed by atoms with Gasteiger partial charge in [0.15, 0.2) is 5.75 Å². The van der Waals surface area contributed by atoms with Crippen LogP contribution in [0.5, 0.6) is 17.2 Å². The minimum absolute atomic E-state index is 0.130. The fraction of sp³-hybridized carbons (Fsp3) is 0.304. The molecule has 1 aliphatic rings. The van der Waals surface area contributed by atoms with E-state index in [2.05, 4.69) is 0 Å². The molecular formula is C23H24ClF2O4PS. The number of benzene rings is 3. The standard InChI is InChI=1S/C21H18ClF2O4PS.C2H6/c1-26-12-4-7-14-11(9-12)3-6-16-18(14)19(22)15-8-5-13(27-2)10-17(15)20(16)28-30(25)21(23,24)29;1-2/h4-5,7-10H,3,6,29H2,1-2H3;1-2H3. The monoisotopic (exact) mass is 500 g/mol. The SMILES string of the molecule is CC.COc1ccc2c(c1)CCc1c-2c(Cl)c2ccc(OC)cc2c1OS(=O)C(F)(F)P. The zero-order chi connectivity index (χ0) is 23.6. The first-order valence-corrected chi connectivity index (χ1v) is 12.0. The van der Waals surface area contributed by atoms with Gasteiger partial charge in [-0.1, -0.05) is 31.5 Å². The van der Waals surface area contributed by atoms with Gasteiger partial charge in [-0.2, -0.15) is 8.78 Å². The zero-order valence-electron chi connectivity index (χ0n) is 18.1. The van der Waals surface area contributed by atoms with Crippen molar-refractivity contribution in [3.63, 3.8) is 0 Å². The summed E-state index contributed by atoms with van der Waals surface area (Å²) >= 11 is 3.90. The minimum atomic E-state index is -3.60. The summed E-state index contributed by atoms with van der Waals surface area (Å²) in [7, 11) is 4.35. The van der Waals surface area contributed by atoms with Crippen molar-refractivity contribution < 1.29 is 26.6 Å². The number of rotatable bonds is 5. The predicted molar refractivity (Wildman–Crippen MR) is 130 cm³/mol. The van der Waals surface area contributed by atoms with Gasteiger partial charge < -0.3 is 13.7 Å². The minimum Gasteiger partial charge on any atom is -0.497 e. The molecule has 0 spiro atoms. The van der Waals surface area contributed by atoms with Crippen molar-refractivity contribution >= 4 is 42.7 Å². The van der Waals surface area contributed by atoms with E-state index in [4.69, 9.17) is 25.3 Å². The molecule has 0 aromatic heterocycles. The zero-order valence-corrected chi connectivity index (χ0v) is 20.9. The number of hydrogen-bond donors (Lipinski definition) is 0. The molecule has 32 heavy (non-hydrogen) atoms. The number of methoxy groups -OCH3 is 2. The molecule has 0 fully saturated rings. The van der Waals surface area contributed by atoms with Crippen LogP contribution in [0.4, 0.5) is 8.78 Å². The van der Waals surface area contributed by atoms with Crippen molar-refractivity contribution in [3.8, 4) is 28.4 Å². The Bertz CT molecular complexity index is 1180. The number of halogens is 3. The lowest BCUT2D eigenvalue weighted by Gasteiger charge is -2.26. The average molecular weight is 501 g/mol. The van der Waals surface area contributed by atoms with Gasteiger partial charge in [0.05, 0.1) is 19.2 Å². The second-order valence-corrected chi connectivity index (χ2v) is 9.51. The lowest BCUT2D eigenvalue weighted by Crippen LogP contribution is -2.20. The number of hydrogen-bond acceptors (Lipinski definition) is 4. The van der Waals surface area contributed by atoms with Gasteiger partial charge in [-0.3, -0.25) is 0 Å². The molecule has 0 saturated carbocycles. The van der Waals surface area contributed by atoms with E-state index >= 15 is 0 Å². The smallest absolute Gasteiger partial charge is 0.366 e. The second kappa shape index (κ2) is 9.90. The summed E-state index contributed by atoms with van der Waals surface area (Å²) in [6.45, 7) is 4.00. The van der Waals surface area contributed by atoms with Gasteiger partial charge in [0.1, 0.15) is 11.5 Å². The molecule has 1 aliphatic carbocycles. The Labute approximate surface area is 196 Å². The lowest BCUT2D eigenvalue weighted by molar-refractivity contribution is 0.193. The number of fused-ring (bicyclic) bond motifs is 4.